The van der Waals surface area contributed by atoms with E-state index in [9.17, 15) is 22.8 Å². The Morgan fingerprint density at radius 2 is 2.15 bits per heavy atom. The van der Waals surface area contributed by atoms with Gasteiger partial charge in [0.1, 0.15) is 11.4 Å². The summed E-state index contributed by atoms with van der Waals surface area (Å²) in [6.45, 7) is 0.537. The minimum Gasteiger partial charge on any atom is -0.481 e. The van der Waals surface area contributed by atoms with Crippen LogP contribution in [0.4, 0.5) is 13.2 Å². The molecule has 2 aromatic rings. The number of amides is 1. The second-order valence-corrected chi connectivity index (χ2v) is 5.79. The first-order valence-electron chi connectivity index (χ1n) is 7.73. The lowest BCUT2D eigenvalue weighted by molar-refractivity contribution is -0.274. The summed E-state index contributed by atoms with van der Waals surface area (Å²) in [6, 6.07) is 5.36. The Bertz CT molecular complexity index is 833. The number of carbonyl (C=O) groups is 2. The standard InChI is InChI=1S/C16H15F3N2O5/c17-16(18,19)26-13-3-1-2-11-10(13)7-12(20-11)15(24)21-4-5-25-9(8-21)6-14(22)23/h1-3,7,9,20H,4-6,8H2,(H,22,23). The highest BCUT2D eigenvalue weighted by Crippen LogP contribution is 2.31. The van der Waals surface area contributed by atoms with Gasteiger partial charge in [-0.15, -0.1) is 13.2 Å². The number of benzene rings is 1. The van der Waals surface area contributed by atoms with Crippen LogP contribution in [0, 0.1) is 0 Å². The van der Waals surface area contributed by atoms with Gasteiger partial charge in [0.15, 0.2) is 0 Å². The number of carboxylic acids is 1. The lowest BCUT2D eigenvalue weighted by atomic mass is 10.2. The predicted octanol–water partition coefficient (Wildman–Crippen LogP) is 2.38. The number of hydrogen-bond acceptors (Lipinski definition) is 4. The average Bonchev–Trinajstić information content (AvgIpc) is 2.97. The van der Waals surface area contributed by atoms with Gasteiger partial charge in [-0.05, 0) is 18.2 Å². The number of morpholine rings is 1. The highest BCUT2D eigenvalue weighted by molar-refractivity contribution is 5.99. The van der Waals surface area contributed by atoms with Gasteiger partial charge in [0, 0.05) is 24.0 Å². The highest BCUT2D eigenvalue weighted by atomic mass is 19.4. The smallest absolute Gasteiger partial charge is 0.481 e. The van der Waals surface area contributed by atoms with Gasteiger partial charge in [0.05, 0.1) is 19.1 Å². The molecule has 10 heteroatoms. The molecule has 1 atom stereocenters. The van der Waals surface area contributed by atoms with Gasteiger partial charge >= 0.3 is 12.3 Å². The molecule has 140 valence electrons. The Morgan fingerprint density at radius 3 is 2.85 bits per heavy atom. The molecule has 1 aliphatic heterocycles. The monoisotopic (exact) mass is 372 g/mol. The van der Waals surface area contributed by atoms with Crippen LogP contribution in [-0.4, -0.2) is 59.0 Å². The molecule has 1 unspecified atom stereocenters. The summed E-state index contributed by atoms with van der Waals surface area (Å²) in [5.74, 6) is -1.89. The summed E-state index contributed by atoms with van der Waals surface area (Å²) in [5.41, 5.74) is 0.416. The zero-order valence-corrected chi connectivity index (χ0v) is 13.4. The van der Waals surface area contributed by atoms with E-state index in [-0.39, 0.29) is 37.2 Å². The van der Waals surface area contributed by atoms with Crippen molar-refractivity contribution in [3.63, 3.8) is 0 Å². The number of carboxylic acid groups (broad SMARTS) is 1. The Labute approximate surface area is 145 Å². The van der Waals surface area contributed by atoms with Gasteiger partial charge in [0.2, 0.25) is 0 Å². The lowest BCUT2D eigenvalue weighted by Crippen LogP contribution is -2.46. The summed E-state index contributed by atoms with van der Waals surface area (Å²) in [5, 5.41) is 8.96. The van der Waals surface area contributed by atoms with Gasteiger partial charge in [-0.1, -0.05) is 6.07 Å². The molecule has 1 saturated heterocycles. The molecular formula is C16H15F3N2O5. The van der Waals surface area contributed by atoms with Crippen LogP contribution in [0.25, 0.3) is 10.9 Å². The van der Waals surface area contributed by atoms with E-state index >= 15 is 0 Å². The number of nitrogens with zero attached hydrogens (tertiary/aromatic N) is 1. The molecule has 0 saturated carbocycles. The fraction of sp³-hybridized carbons (Fsp3) is 0.375. The minimum absolute atomic E-state index is 0.0897. The number of aliphatic carboxylic acids is 1. The molecule has 1 aliphatic rings. The Balaban J connectivity index is 1.82. The van der Waals surface area contributed by atoms with E-state index in [4.69, 9.17) is 9.84 Å². The van der Waals surface area contributed by atoms with E-state index in [0.29, 0.717) is 5.52 Å². The van der Waals surface area contributed by atoms with Crippen molar-refractivity contribution in [3.05, 3.63) is 30.0 Å². The fourth-order valence-electron chi connectivity index (χ4n) is 2.85. The van der Waals surface area contributed by atoms with E-state index in [2.05, 4.69) is 9.72 Å². The van der Waals surface area contributed by atoms with Crippen LogP contribution in [0.5, 0.6) is 5.75 Å². The molecule has 0 spiro atoms. The number of carbonyl (C=O) groups excluding carboxylic acids is 1. The number of hydrogen-bond donors (Lipinski definition) is 2. The number of aromatic nitrogens is 1. The van der Waals surface area contributed by atoms with Crippen LogP contribution in [0.3, 0.4) is 0 Å². The lowest BCUT2D eigenvalue weighted by Gasteiger charge is -2.32. The normalized spacial score (nSPS) is 18.1. The summed E-state index contributed by atoms with van der Waals surface area (Å²) in [4.78, 5) is 27.6. The molecule has 3 rings (SSSR count). The second kappa shape index (κ2) is 6.87. The number of fused-ring (bicyclic) bond motifs is 1. The van der Waals surface area contributed by atoms with Crippen LogP contribution in [0.15, 0.2) is 24.3 Å². The summed E-state index contributed by atoms with van der Waals surface area (Å²) in [7, 11) is 0. The maximum absolute atomic E-state index is 12.6. The summed E-state index contributed by atoms with van der Waals surface area (Å²) < 4.78 is 46.8. The third-order valence-electron chi connectivity index (χ3n) is 3.91. The minimum atomic E-state index is -4.84. The topological polar surface area (TPSA) is 91.9 Å². The van der Waals surface area contributed by atoms with Crippen molar-refractivity contribution in [2.24, 2.45) is 0 Å². The van der Waals surface area contributed by atoms with E-state index in [1.54, 1.807) is 0 Å². The van der Waals surface area contributed by atoms with E-state index in [1.807, 2.05) is 0 Å². The molecule has 1 amide bonds. The van der Waals surface area contributed by atoms with Crippen LogP contribution in [0.2, 0.25) is 0 Å². The van der Waals surface area contributed by atoms with Crippen molar-refractivity contribution in [2.45, 2.75) is 18.9 Å². The summed E-state index contributed by atoms with van der Waals surface area (Å²) >= 11 is 0. The maximum atomic E-state index is 12.6. The Morgan fingerprint density at radius 1 is 1.38 bits per heavy atom. The molecule has 7 nitrogen and oxygen atoms in total. The maximum Gasteiger partial charge on any atom is 0.573 e. The number of halogens is 3. The van der Waals surface area contributed by atoms with Crippen LogP contribution in [0.1, 0.15) is 16.9 Å². The first kappa shape index (κ1) is 18.1. The zero-order chi connectivity index (χ0) is 18.9. The Hall–Kier alpha value is -2.75. The van der Waals surface area contributed by atoms with E-state index in [1.165, 1.54) is 23.1 Å². The quantitative estimate of drug-likeness (QED) is 0.860. The van der Waals surface area contributed by atoms with E-state index in [0.717, 1.165) is 6.07 Å². The molecule has 0 radical (unpaired) electrons. The number of H-pyrrole nitrogens is 1. The molecule has 0 aliphatic carbocycles. The van der Waals surface area contributed by atoms with Gasteiger partial charge in [-0.25, -0.2) is 0 Å². The SMILES string of the molecule is O=C(O)CC1CN(C(=O)c2cc3c(OC(F)(F)F)cccc3[nH]2)CCO1. The molecule has 1 aromatic carbocycles. The molecule has 26 heavy (non-hydrogen) atoms. The third-order valence-corrected chi connectivity index (χ3v) is 3.91. The Kier molecular flexibility index (Phi) is 4.77. The van der Waals surface area contributed by atoms with Gasteiger partial charge in [-0.3, -0.25) is 9.59 Å². The first-order valence-corrected chi connectivity index (χ1v) is 7.73. The summed E-state index contributed by atoms with van der Waals surface area (Å²) in [6.07, 6.45) is -5.71. The first-order chi connectivity index (χ1) is 12.2. The molecule has 1 fully saturated rings. The number of nitrogens with one attached hydrogen (secondary N) is 1. The largest absolute Gasteiger partial charge is 0.573 e. The number of aromatic amines is 1. The van der Waals surface area contributed by atoms with Gasteiger partial charge in [0.25, 0.3) is 5.91 Å². The second-order valence-electron chi connectivity index (χ2n) is 5.79. The highest BCUT2D eigenvalue weighted by Gasteiger charge is 2.32. The van der Waals surface area contributed by atoms with E-state index < -0.39 is 30.1 Å². The number of ether oxygens (including phenoxy) is 2. The third kappa shape index (κ3) is 4.07. The van der Waals surface area contributed by atoms with Crippen molar-refractivity contribution >= 4 is 22.8 Å². The molecular weight excluding hydrogens is 357 g/mol. The number of rotatable bonds is 4. The molecule has 2 heterocycles. The zero-order valence-electron chi connectivity index (χ0n) is 13.4. The van der Waals surface area contributed by atoms with Gasteiger partial charge < -0.3 is 24.5 Å². The van der Waals surface area contributed by atoms with Crippen LogP contribution < -0.4 is 4.74 Å². The molecule has 1 aromatic heterocycles. The number of alkyl halides is 3. The average molecular weight is 372 g/mol. The molecule has 2 N–H and O–H groups in total. The molecule has 0 bridgehead atoms. The van der Waals surface area contributed by atoms with Crippen molar-refractivity contribution in [1.29, 1.82) is 0 Å². The fourth-order valence-corrected chi connectivity index (χ4v) is 2.85. The van der Waals surface area contributed by atoms with Crippen molar-refractivity contribution in [1.82, 2.24) is 9.88 Å². The van der Waals surface area contributed by atoms with Crippen molar-refractivity contribution in [2.75, 3.05) is 19.7 Å². The van der Waals surface area contributed by atoms with Crippen LogP contribution in [-0.2, 0) is 9.53 Å². The van der Waals surface area contributed by atoms with Crippen molar-refractivity contribution < 1.29 is 37.3 Å². The van der Waals surface area contributed by atoms with Crippen molar-refractivity contribution in [3.8, 4) is 5.75 Å². The predicted molar refractivity (Wildman–Crippen MR) is 82.9 cm³/mol. The van der Waals surface area contributed by atoms with Crippen LogP contribution >= 0.6 is 0 Å². The van der Waals surface area contributed by atoms with Gasteiger partial charge in [-0.2, -0.15) is 0 Å².